The molecule has 0 amide bonds. The van der Waals surface area contributed by atoms with Gasteiger partial charge in [0.25, 0.3) is 0 Å². The summed E-state index contributed by atoms with van der Waals surface area (Å²) >= 11 is 0. The number of rotatable bonds is 4. The third-order valence-electron chi connectivity index (χ3n) is 4.81. The highest BCUT2D eigenvalue weighted by molar-refractivity contribution is 5.06. The molecule has 0 aliphatic carbocycles. The molecule has 2 aliphatic heterocycles. The van der Waals surface area contributed by atoms with Crippen LogP contribution in [0.25, 0.3) is 0 Å². The topological polar surface area (TPSA) is 41.5 Å². The third kappa shape index (κ3) is 3.59. The second-order valence-corrected chi connectivity index (χ2v) is 6.74. The van der Waals surface area contributed by atoms with Crippen molar-refractivity contribution in [1.29, 1.82) is 0 Å². The van der Waals surface area contributed by atoms with E-state index in [4.69, 9.17) is 4.74 Å². The van der Waals surface area contributed by atoms with Crippen LogP contribution in [0.15, 0.2) is 12.4 Å². The van der Waals surface area contributed by atoms with Crippen molar-refractivity contribution < 1.29 is 4.74 Å². The molecule has 0 radical (unpaired) electrons. The number of aromatic nitrogens is 2. The Bertz CT molecular complexity index is 460. The lowest BCUT2D eigenvalue weighted by molar-refractivity contribution is 0.0897. The zero-order valence-corrected chi connectivity index (χ0v) is 13.2. The Balaban J connectivity index is 1.59. The molecule has 0 bridgehead atoms. The largest absolute Gasteiger partial charge is 0.377 e. The van der Waals surface area contributed by atoms with Gasteiger partial charge in [-0.3, -0.25) is 4.90 Å². The van der Waals surface area contributed by atoms with Gasteiger partial charge in [-0.25, -0.2) is 9.97 Å². The van der Waals surface area contributed by atoms with Crippen molar-refractivity contribution in [1.82, 2.24) is 19.8 Å². The minimum Gasteiger partial charge on any atom is -0.377 e. The van der Waals surface area contributed by atoms with E-state index in [1.165, 1.54) is 51.0 Å². The monoisotopic (exact) mass is 290 g/mol. The number of nitrogens with zero attached hydrogens (tertiary/aromatic N) is 4. The van der Waals surface area contributed by atoms with Crippen molar-refractivity contribution in [2.24, 2.45) is 5.41 Å². The molecule has 1 unspecified atom stereocenters. The molecule has 1 aromatic rings. The van der Waals surface area contributed by atoms with Gasteiger partial charge in [-0.15, -0.1) is 0 Å². The predicted octanol–water partition coefficient (Wildman–Crippen LogP) is 1.54. The summed E-state index contributed by atoms with van der Waals surface area (Å²) in [6.45, 7) is 6.38. The van der Waals surface area contributed by atoms with Gasteiger partial charge in [0.15, 0.2) is 5.82 Å². The lowest BCUT2D eigenvalue weighted by atomic mass is 9.79. The normalized spacial score (nSPS) is 27.5. The van der Waals surface area contributed by atoms with Gasteiger partial charge < -0.3 is 9.64 Å². The smallest absolute Gasteiger partial charge is 0.153 e. The maximum Gasteiger partial charge on any atom is 0.153 e. The van der Waals surface area contributed by atoms with Crippen LogP contribution in [-0.2, 0) is 17.9 Å². The van der Waals surface area contributed by atoms with Crippen LogP contribution in [0.5, 0.6) is 0 Å². The van der Waals surface area contributed by atoms with Gasteiger partial charge in [-0.2, -0.15) is 0 Å². The predicted molar refractivity (Wildman–Crippen MR) is 81.8 cm³/mol. The molecule has 3 heterocycles. The summed E-state index contributed by atoms with van der Waals surface area (Å²) in [4.78, 5) is 13.8. The molecule has 0 N–H and O–H groups in total. The van der Waals surface area contributed by atoms with Crippen LogP contribution in [0.1, 0.15) is 30.7 Å². The molecule has 5 nitrogen and oxygen atoms in total. The summed E-state index contributed by atoms with van der Waals surface area (Å²) in [6.07, 6.45) is 7.95. The number of methoxy groups -OCH3 is 1. The molecule has 1 spiro atoms. The van der Waals surface area contributed by atoms with Crippen LogP contribution in [0.3, 0.4) is 0 Å². The van der Waals surface area contributed by atoms with E-state index in [1.807, 2.05) is 12.4 Å². The number of hydrogen-bond donors (Lipinski definition) is 0. The maximum atomic E-state index is 5.05. The van der Waals surface area contributed by atoms with Crippen LogP contribution >= 0.6 is 0 Å². The van der Waals surface area contributed by atoms with E-state index in [0.717, 1.165) is 12.4 Å². The van der Waals surface area contributed by atoms with E-state index in [0.29, 0.717) is 12.0 Å². The number of likely N-dealkylation sites (tertiary alicyclic amines) is 2. The van der Waals surface area contributed by atoms with Gasteiger partial charge in [-0.1, -0.05) is 0 Å². The lowest BCUT2D eigenvalue weighted by Crippen LogP contribution is -2.44. The molecule has 0 saturated carbocycles. The van der Waals surface area contributed by atoms with Crippen LogP contribution in [0.4, 0.5) is 0 Å². The second-order valence-electron chi connectivity index (χ2n) is 6.74. The molecule has 0 aromatic carbocycles. The van der Waals surface area contributed by atoms with Gasteiger partial charge in [0.1, 0.15) is 6.61 Å². The van der Waals surface area contributed by atoms with E-state index in [9.17, 15) is 0 Å². The zero-order valence-electron chi connectivity index (χ0n) is 13.2. The Morgan fingerprint density at radius 2 is 2.00 bits per heavy atom. The Morgan fingerprint density at radius 3 is 2.67 bits per heavy atom. The van der Waals surface area contributed by atoms with Gasteiger partial charge in [0.2, 0.25) is 0 Å². The summed E-state index contributed by atoms with van der Waals surface area (Å²) in [5, 5.41) is 0. The van der Waals surface area contributed by atoms with Gasteiger partial charge in [0.05, 0.1) is 0 Å². The molecular formula is C16H26N4O. The highest BCUT2D eigenvalue weighted by Gasteiger charge is 2.39. The summed E-state index contributed by atoms with van der Waals surface area (Å²) < 4.78 is 5.05. The van der Waals surface area contributed by atoms with E-state index >= 15 is 0 Å². The fraction of sp³-hybridized carbons (Fsp3) is 0.750. The molecule has 2 saturated heterocycles. The van der Waals surface area contributed by atoms with E-state index in [2.05, 4.69) is 26.8 Å². The third-order valence-corrected chi connectivity index (χ3v) is 4.81. The van der Waals surface area contributed by atoms with Crippen LogP contribution in [0.2, 0.25) is 0 Å². The Kier molecular flexibility index (Phi) is 4.52. The Morgan fingerprint density at radius 1 is 1.19 bits per heavy atom. The van der Waals surface area contributed by atoms with E-state index in [1.54, 1.807) is 7.11 Å². The molecule has 116 valence electrons. The Labute approximate surface area is 127 Å². The average Bonchev–Trinajstić information content (AvgIpc) is 2.82. The molecular weight excluding hydrogens is 264 g/mol. The minimum atomic E-state index is 0.486. The standard InChI is InChI=1S/C16H26N4O/c1-19-7-5-16(12-19)4-3-6-20(13-16)10-14-8-17-15(11-21-2)18-9-14/h8-9H,3-7,10-13H2,1-2H3. The minimum absolute atomic E-state index is 0.486. The van der Waals surface area contributed by atoms with Gasteiger partial charge in [-0.05, 0) is 44.8 Å². The van der Waals surface area contributed by atoms with Crippen LogP contribution < -0.4 is 0 Å². The molecule has 21 heavy (non-hydrogen) atoms. The van der Waals surface area contributed by atoms with Crippen LogP contribution in [-0.4, -0.2) is 60.1 Å². The SMILES string of the molecule is COCc1ncc(CN2CCCC3(CCN(C)C3)C2)cn1. The fourth-order valence-electron chi connectivity index (χ4n) is 3.86. The summed E-state index contributed by atoms with van der Waals surface area (Å²) in [6, 6.07) is 0. The average molecular weight is 290 g/mol. The summed E-state index contributed by atoms with van der Waals surface area (Å²) in [5.41, 5.74) is 1.74. The lowest BCUT2D eigenvalue weighted by Gasteiger charge is -2.40. The van der Waals surface area contributed by atoms with Crippen molar-refractivity contribution in [3.05, 3.63) is 23.8 Å². The van der Waals surface area contributed by atoms with E-state index in [-0.39, 0.29) is 0 Å². The fourth-order valence-corrected chi connectivity index (χ4v) is 3.86. The number of hydrogen-bond acceptors (Lipinski definition) is 5. The second kappa shape index (κ2) is 6.38. The van der Waals surface area contributed by atoms with Crippen LogP contribution in [0, 0.1) is 5.41 Å². The molecule has 1 atom stereocenters. The molecule has 1 aromatic heterocycles. The first-order chi connectivity index (χ1) is 10.2. The van der Waals surface area contributed by atoms with Crippen molar-refractivity contribution in [3.63, 3.8) is 0 Å². The van der Waals surface area contributed by atoms with Gasteiger partial charge >= 0.3 is 0 Å². The van der Waals surface area contributed by atoms with Crippen molar-refractivity contribution in [3.8, 4) is 0 Å². The highest BCUT2D eigenvalue weighted by atomic mass is 16.5. The molecule has 2 aliphatic rings. The first-order valence-corrected chi connectivity index (χ1v) is 7.89. The molecule has 5 heteroatoms. The molecule has 3 rings (SSSR count). The molecule has 2 fully saturated rings. The summed E-state index contributed by atoms with van der Waals surface area (Å²) in [5.74, 6) is 0.758. The quantitative estimate of drug-likeness (QED) is 0.841. The van der Waals surface area contributed by atoms with Crippen molar-refractivity contribution in [2.75, 3.05) is 40.3 Å². The Hall–Kier alpha value is -1.04. The zero-order chi connectivity index (χ0) is 14.7. The number of piperidine rings is 1. The maximum absolute atomic E-state index is 5.05. The first kappa shape index (κ1) is 14.9. The first-order valence-electron chi connectivity index (χ1n) is 7.89. The number of ether oxygens (including phenoxy) is 1. The van der Waals surface area contributed by atoms with E-state index < -0.39 is 0 Å². The summed E-state index contributed by atoms with van der Waals surface area (Å²) in [7, 11) is 3.92. The van der Waals surface area contributed by atoms with Crippen molar-refractivity contribution in [2.45, 2.75) is 32.4 Å². The van der Waals surface area contributed by atoms with Crippen molar-refractivity contribution >= 4 is 0 Å². The van der Waals surface area contributed by atoms with Gasteiger partial charge in [0, 0.05) is 44.7 Å². The highest BCUT2D eigenvalue weighted by Crippen LogP contribution is 2.38.